The van der Waals surface area contributed by atoms with Crippen molar-refractivity contribution in [3.05, 3.63) is 0 Å². The van der Waals surface area contributed by atoms with E-state index in [1.165, 1.54) is 6.42 Å². The normalized spacial score (nSPS) is 21.6. The molecule has 1 atom stereocenters. The van der Waals surface area contributed by atoms with E-state index in [-0.39, 0.29) is 5.97 Å². The van der Waals surface area contributed by atoms with E-state index in [1.54, 1.807) is 0 Å². The molecule has 0 spiro atoms. The van der Waals surface area contributed by atoms with Crippen molar-refractivity contribution in [1.29, 1.82) is 0 Å². The molecule has 1 heterocycles. The zero-order valence-electron chi connectivity index (χ0n) is 10.7. The third-order valence-electron chi connectivity index (χ3n) is 3.02. The van der Waals surface area contributed by atoms with Gasteiger partial charge in [-0.1, -0.05) is 0 Å². The van der Waals surface area contributed by atoms with Gasteiger partial charge in [-0.15, -0.1) is 0 Å². The number of esters is 1. The number of nitrogens with zero attached hydrogens (tertiary/aromatic N) is 1. The van der Waals surface area contributed by atoms with Gasteiger partial charge in [-0.05, 0) is 33.7 Å². The first-order valence-corrected chi connectivity index (χ1v) is 6.26. The molecule has 1 N–H and O–H groups in total. The molecule has 0 amide bonds. The molecule has 0 saturated carbocycles. The van der Waals surface area contributed by atoms with Crippen LogP contribution in [0.15, 0.2) is 0 Å². The fraction of sp³-hybridized carbons (Fsp3) is 0.917. The Hall–Kier alpha value is -0.610. The van der Waals surface area contributed by atoms with Crippen molar-refractivity contribution >= 4 is 5.97 Å². The molecule has 0 radical (unpaired) electrons. The minimum absolute atomic E-state index is 0.103. The second kappa shape index (κ2) is 6.86. The average Bonchev–Trinajstić information content (AvgIpc) is 2.67. The van der Waals surface area contributed by atoms with E-state index in [1.807, 2.05) is 6.92 Å². The third kappa shape index (κ3) is 4.49. The lowest BCUT2D eigenvalue weighted by Gasteiger charge is -2.20. The lowest BCUT2D eigenvalue weighted by molar-refractivity contribution is -0.142. The zero-order valence-corrected chi connectivity index (χ0v) is 10.7. The molecule has 0 aliphatic carbocycles. The molecule has 0 bridgehead atoms. The lowest BCUT2D eigenvalue weighted by Crippen LogP contribution is -2.36. The number of ether oxygens (including phenoxy) is 1. The minimum atomic E-state index is -0.103. The van der Waals surface area contributed by atoms with E-state index in [0.717, 1.165) is 19.6 Å². The highest BCUT2D eigenvalue weighted by atomic mass is 16.5. The quantitative estimate of drug-likeness (QED) is 0.689. The highest BCUT2D eigenvalue weighted by Gasteiger charge is 2.23. The molecule has 1 fully saturated rings. The van der Waals surface area contributed by atoms with Gasteiger partial charge in [0.2, 0.25) is 0 Å². The van der Waals surface area contributed by atoms with E-state index >= 15 is 0 Å². The van der Waals surface area contributed by atoms with Gasteiger partial charge in [0.05, 0.1) is 13.0 Å². The van der Waals surface area contributed by atoms with Crippen LogP contribution < -0.4 is 5.32 Å². The highest BCUT2D eigenvalue weighted by Crippen LogP contribution is 2.11. The van der Waals surface area contributed by atoms with Gasteiger partial charge in [0.15, 0.2) is 0 Å². The number of hydrogen-bond acceptors (Lipinski definition) is 4. The SMILES string of the molecule is CCOC(=O)CCNC1CCN(C(C)C)C1. The van der Waals surface area contributed by atoms with Gasteiger partial charge in [-0.2, -0.15) is 0 Å². The van der Waals surface area contributed by atoms with E-state index < -0.39 is 0 Å². The molecule has 4 heteroatoms. The van der Waals surface area contributed by atoms with Crippen LogP contribution in [-0.2, 0) is 9.53 Å². The van der Waals surface area contributed by atoms with E-state index in [0.29, 0.717) is 25.1 Å². The summed E-state index contributed by atoms with van der Waals surface area (Å²) in [6.45, 7) is 9.75. The van der Waals surface area contributed by atoms with Gasteiger partial charge in [-0.3, -0.25) is 9.69 Å². The van der Waals surface area contributed by atoms with Crippen LogP contribution in [0.3, 0.4) is 0 Å². The molecule has 0 aromatic carbocycles. The van der Waals surface area contributed by atoms with Gasteiger partial charge in [-0.25, -0.2) is 0 Å². The fourth-order valence-electron chi connectivity index (χ4n) is 2.03. The van der Waals surface area contributed by atoms with Gasteiger partial charge in [0.1, 0.15) is 0 Å². The summed E-state index contributed by atoms with van der Waals surface area (Å²) in [5.74, 6) is -0.103. The van der Waals surface area contributed by atoms with Crippen LogP contribution in [0.1, 0.15) is 33.6 Å². The van der Waals surface area contributed by atoms with Gasteiger partial charge in [0, 0.05) is 25.2 Å². The van der Waals surface area contributed by atoms with Crippen LogP contribution in [0.4, 0.5) is 0 Å². The number of carbonyl (C=O) groups is 1. The number of carbonyl (C=O) groups excluding carboxylic acids is 1. The predicted octanol–water partition coefficient (Wildman–Crippen LogP) is 1.01. The maximum Gasteiger partial charge on any atom is 0.307 e. The number of rotatable bonds is 6. The second-order valence-corrected chi connectivity index (χ2v) is 4.58. The van der Waals surface area contributed by atoms with Crippen LogP contribution in [-0.4, -0.2) is 49.2 Å². The Morgan fingerprint density at radius 3 is 2.88 bits per heavy atom. The summed E-state index contributed by atoms with van der Waals surface area (Å²) in [4.78, 5) is 13.6. The largest absolute Gasteiger partial charge is 0.466 e. The Morgan fingerprint density at radius 2 is 2.31 bits per heavy atom. The minimum Gasteiger partial charge on any atom is -0.466 e. The van der Waals surface area contributed by atoms with Crippen molar-refractivity contribution in [2.24, 2.45) is 0 Å². The molecule has 4 nitrogen and oxygen atoms in total. The standard InChI is InChI=1S/C12H24N2O2/c1-4-16-12(15)5-7-13-11-6-8-14(9-11)10(2)3/h10-11,13H,4-9H2,1-3H3. The van der Waals surface area contributed by atoms with Crippen molar-refractivity contribution < 1.29 is 9.53 Å². The third-order valence-corrected chi connectivity index (χ3v) is 3.02. The average molecular weight is 228 g/mol. The first kappa shape index (κ1) is 13.5. The molecule has 1 aliphatic heterocycles. The van der Waals surface area contributed by atoms with E-state index in [2.05, 4.69) is 24.1 Å². The monoisotopic (exact) mass is 228 g/mol. The van der Waals surface area contributed by atoms with Crippen molar-refractivity contribution in [2.75, 3.05) is 26.2 Å². The lowest BCUT2D eigenvalue weighted by atomic mass is 10.2. The number of hydrogen-bond donors (Lipinski definition) is 1. The van der Waals surface area contributed by atoms with Crippen molar-refractivity contribution in [3.63, 3.8) is 0 Å². The van der Waals surface area contributed by atoms with Crippen LogP contribution in [0.25, 0.3) is 0 Å². The summed E-state index contributed by atoms with van der Waals surface area (Å²) in [5.41, 5.74) is 0. The Labute approximate surface area is 98.3 Å². The van der Waals surface area contributed by atoms with Crippen molar-refractivity contribution in [1.82, 2.24) is 10.2 Å². The first-order valence-electron chi connectivity index (χ1n) is 6.26. The highest BCUT2D eigenvalue weighted by molar-refractivity contribution is 5.69. The molecule has 1 unspecified atom stereocenters. The second-order valence-electron chi connectivity index (χ2n) is 4.58. The molecule has 0 aromatic rings. The summed E-state index contributed by atoms with van der Waals surface area (Å²) in [5, 5.41) is 3.41. The molecule has 16 heavy (non-hydrogen) atoms. The molecule has 1 saturated heterocycles. The fourth-order valence-corrected chi connectivity index (χ4v) is 2.03. The first-order chi connectivity index (χ1) is 7.63. The van der Waals surface area contributed by atoms with Crippen LogP contribution in [0, 0.1) is 0 Å². The molecule has 1 aliphatic rings. The van der Waals surface area contributed by atoms with Gasteiger partial charge >= 0.3 is 5.97 Å². The Balaban J connectivity index is 2.09. The summed E-state index contributed by atoms with van der Waals surface area (Å²) >= 11 is 0. The van der Waals surface area contributed by atoms with Crippen LogP contribution >= 0.6 is 0 Å². The topological polar surface area (TPSA) is 41.6 Å². The smallest absolute Gasteiger partial charge is 0.307 e. The summed E-state index contributed by atoms with van der Waals surface area (Å²) in [7, 11) is 0. The maximum atomic E-state index is 11.1. The van der Waals surface area contributed by atoms with Crippen molar-refractivity contribution in [2.45, 2.75) is 45.7 Å². The maximum absolute atomic E-state index is 11.1. The summed E-state index contributed by atoms with van der Waals surface area (Å²) in [6.07, 6.45) is 1.66. The molecular formula is C12H24N2O2. The van der Waals surface area contributed by atoms with Gasteiger partial charge < -0.3 is 10.1 Å². The van der Waals surface area contributed by atoms with Gasteiger partial charge in [0.25, 0.3) is 0 Å². The summed E-state index contributed by atoms with van der Waals surface area (Å²) in [6, 6.07) is 1.16. The van der Waals surface area contributed by atoms with E-state index in [4.69, 9.17) is 4.74 Å². The van der Waals surface area contributed by atoms with Crippen LogP contribution in [0.2, 0.25) is 0 Å². The zero-order chi connectivity index (χ0) is 12.0. The number of nitrogens with one attached hydrogen (secondary N) is 1. The van der Waals surface area contributed by atoms with Crippen LogP contribution in [0.5, 0.6) is 0 Å². The van der Waals surface area contributed by atoms with Crippen molar-refractivity contribution in [3.8, 4) is 0 Å². The Kier molecular flexibility index (Phi) is 5.77. The molecule has 94 valence electrons. The molecular weight excluding hydrogens is 204 g/mol. The predicted molar refractivity (Wildman–Crippen MR) is 64.4 cm³/mol. The number of likely N-dealkylation sites (tertiary alicyclic amines) is 1. The molecule has 0 aromatic heterocycles. The Morgan fingerprint density at radius 1 is 1.56 bits per heavy atom. The Bertz CT molecular complexity index is 219. The molecule has 1 rings (SSSR count). The summed E-state index contributed by atoms with van der Waals surface area (Å²) < 4.78 is 4.88. The van der Waals surface area contributed by atoms with E-state index in [9.17, 15) is 4.79 Å².